The van der Waals surface area contributed by atoms with E-state index >= 15 is 0 Å². The number of nitrogens with one attached hydrogen (secondary N) is 2. The SMILES string of the molecule is C[C@H]1C[C@@H](C(=O)Nc2nccn2Cc2ccccc2)CCN1. The summed E-state index contributed by atoms with van der Waals surface area (Å²) in [7, 11) is 0. The molecule has 0 bridgehead atoms. The molecule has 0 unspecified atom stereocenters. The molecule has 0 saturated carbocycles. The highest BCUT2D eigenvalue weighted by molar-refractivity contribution is 5.91. The van der Waals surface area contributed by atoms with Crippen molar-refractivity contribution in [1.82, 2.24) is 14.9 Å². The molecule has 0 radical (unpaired) electrons. The summed E-state index contributed by atoms with van der Waals surface area (Å²) < 4.78 is 1.97. The second-order valence-electron chi connectivity index (χ2n) is 5.93. The van der Waals surface area contributed by atoms with Gasteiger partial charge in [0.2, 0.25) is 11.9 Å². The van der Waals surface area contributed by atoms with E-state index < -0.39 is 0 Å². The minimum Gasteiger partial charge on any atom is -0.314 e. The van der Waals surface area contributed by atoms with Crippen LogP contribution in [0.4, 0.5) is 5.95 Å². The first-order valence-electron chi connectivity index (χ1n) is 7.81. The van der Waals surface area contributed by atoms with Gasteiger partial charge in [0.1, 0.15) is 0 Å². The molecule has 2 atom stereocenters. The van der Waals surface area contributed by atoms with E-state index in [2.05, 4.69) is 34.7 Å². The number of amides is 1. The summed E-state index contributed by atoms with van der Waals surface area (Å²) in [6.07, 6.45) is 5.39. The third-order valence-electron chi connectivity index (χ3n) is 4.14. The van der Waals surface area contributed by atoms with Gasteiger partial charge in [-0.2, -0.15) is 0 Å². The van der Waals surface area contributed by atoms with Crippen molar-refractivity contribution in [2.75, 3.05) is 11.9 Å². The molecule has 5 heteroatoms. The van der Waals surface area contributed by atoms with Crippen LogP contribution in [0.25, 0.3) is 0 Å². The van der Waals surface area contributed by atoms with E-state index in [-0.39, 0.29) is 11.8 Å². The predicted octanol–water partition coefficient (Wildman–Crippen LogP) is 2.26. The van der Waals surface area contributed by atoms with Crippen molar-refractivity contribution in [2.24, 2.45) is 5.92 Å². The van der Waals surface area contributed by atoms with Crippen LogP contribution in [-0.4, -0.2) is 28.0 Å². The summed E-state index contributed by atoms with van der Waals surface area (Å²) in [6.45, 7) is 3.73. The van der Waals surface area contributed by atoms with Crippen molar-refractivity contribution >= 4 is 11.9 Å². The molecule has 2 heterocycles. The Bertz CT molecular complexity index is 623. The van der Waals surface area contributed by atoms with E-state index in [0.717, 1.165) is 19.4 Å². The summed E-state index contributed by atoms with van der Waals surface area (Å²) in [5.74, 6) is 0.770. The number of carbonyl (C=O) groups excluding carboxylic acids is 1. The number of hydrogen-bond donors (Lipinski definition) is 2. The molecule has 1 aliphatic rings. The fourth-order valence-corrected chi connectivity index (χ4v) is 2.92. The molecule has 3 rings (SSSR count). The highest BCUT2D eigenvalue weighted by Gasteiger charge is 2.25. The molecule has 1 aromatic carbocycles. The fraction of sp³-hybridized carbons (Fsp3) is 0.412. The van der Waals surface area contributed by atoms with Gasteiger partial charge in [0.05, 0.1) is 6.54 Å². The predicted molar refractivity (Wildman–Crippen MR) is 86.6 cm³/mol. The van der Waals surface area contributed by atoms with E-state index in [1.807, 2.05) is 29.0 Å². The molecule has 5 nitrogen and oxygen atoms in total. The van der Waals surface area contributed by atoms with Crippen molar-refractivity contribution in [2.45, 2.75) is 32.4 Å². The second kappa shape index (κ2) is 6.75. The van der Waals surface area contributed by atoms with Crippen LogP contribution >= 0.6 is 0 Å². The van der Waals surface area contributed by atoms with Gasteiger partial charge in [0, 0.05) is 24.4 Å². The van der Waals surface area contributed by atoms with Gasteiger partial charge in [-0.3, -0.25) is 10.1 Å². The van der Waals surface area contributed by atoms with Gasteiger partial charge in [-0.25, -0.2) is 4.98 Å². The highest BCUT2D eigenvalue weighted by Crippen LogP contribution is 2.18. The maximum absolute atomic E-state index is 12.4. The molecule has 2 aromatic rings. The average Bonchev–Trinajstić information content (AvgIpc) is 2.95. The van der Waals surface area contributed by atoms with Crippen LogP contribution in [0.3, 0.4) is 0 Å². The lowest BCUT2D eigenvalue weighted by atomic mass is 9.92. The Morgan fingerprint density at radius 3 is 3.00 bits per heavy atom. The van der Waals surface area contributed by atoms with Gasteiger partial charge in [-0.1, -0.05) is 30.3 Å². The van der Waals surface area contributed by atoms with Gasteiger partial charge in [-0.15, -0.1) is 0 Å². The van der Waals surface area contributed by atoms with Gasteiger partial charge in [0.15, 0.2) is 0 Å². The van der Waals surface area contributed by atoms with E-state index in [9.17, 15) is 4.79 Å². The van der Waals surface area contributed by atoms with Gasteiger partial charge in [-0.05, 0) is 31.9 Å². The number of nitrogens with zero attached hydrogens (tertiary/aromatic N) is 2. The zero-order chi connectivity index (χ0) is 15.4. The van der Waals surface area contributed by atoms with Gasteiger partial charge < -0.3 is 9.88 Å². The molecule has 1 saturated heterocycles. The molecule has 22 heavy (non-hydrogen) atoms. The minimum atomic E-state index is 0.0677. The van der Waals surface area contributed by atoms with E-state index in [0.29, 0.717) is 18.5 Å². The Hall–Kier alpha value is -2.14. The van der Waals surface area contributed by atoms with Crippen LogP contribution < -0.4 is 10.6 Å². The van der Waals surface area contributed by atoms with Crippen LogP contribution in [0, 0.1) is 5.92 Å². The highest BCUT2D eigenvalue weighted by atomic mass is 16.2. The van der Waals surface area contributed by atoms with Crippen LogP contribution in [0.5, 0.6) is 0 Å². The lowest BCUT2D eigenvalue weighted by Crippen LogP contribution is -2.40. The molecule has 0 spiro atoms. The lowest BCUT2D eigenvalue weighted by Gasteiger charge is -2.27. The first kappa shape index (κ1) is 14.8. The van der Waals surface area contributed by atoms with Crippen LogP contribution in [0.1, 0.15) is 25.3 Å². The quantitative estimate of drug-likeness (QED) is 0.910. The summed E-state index contributed by atoms with van der Waals surface area (Å²) in [4.78, 5) is 16.7. The Morgan fingerprint density at radius 1 is 1.41 bits per heavy atom. The van der Waals surface area contributed by atoms with Crippen molar-refractivity contribution in [3.05, 3.63) is 48.3 Å². The smallest absolute Gasteiger partial charge is 0.229 e. The van der Waals surface area contributed by atoms with Crippen molar-refractivity contribution in [1.29, 1.82) is 0 Å². The fourth-order valence-electron chi connectivity index (χ4n) is 2.92. The molecule has 2 N–H and O–H groups in total. The molecular weight excluding hydrogens is 276 g/mol. The third kappa shape index (κ3) is 3.54. The number of benzene rings is 1. The first-order valence-corrected chi connectivity index (χ1v) is 7.81. The number of anilines is 1. The van der Waals surface area contributed by atoms with E-state index in [1.54, 1.807) is 6.20 Å². The maximum atomic E-state index is 12.4. The molecular formula is C17H22N4O. The summed E-state index contributed by atoms with van der Waals surface area (Å²) in [6, 6.07) is 10.6. The maximum Gasteiger partial charge on any atom is 0.229 e. The normalized spacial score (nSPS) is 21.5. The van der Waals surface area contributed by atoms with Gasteiger partial charge >= 0.3 is 0 Å². The summed E-state index contributed by atoms with van der Waals surface area (Å²) >= 11 is 0. The zero-order valence-corrected chi connectivity index (χ0v) is 12.8. The number of hydrogen-bond acceptors (Lipinski definition) is 3. The van der Waals surface area contributed by atoms with E-state index in [4.69, 9.17) is 0 Å². The van der Waals surface area contributed by atoms with Crippen LogP contribution in [0.2, 0.25) is 0 Å². The molecule has 1 aliphatic heterocycles. The Labute approximate surface area is 130 Å². The number of rotatable bonds is 4. The monoisotopic (exact) mass is 298 g/mol. The Morgan fingerprint density at radius 2 is 2.23 bits per heavy atom. The summed E-state index contributed by atoms with van der Waals surface area (Å²) in [5.41, 5.74) is 1.19. The average molecular weight is 298 g/mol. The van der Waals surface area contributed by atoms with E-state index in [1.165, 1.54) is 5.56 Å². The van der Waals surface area contributed by atoms with Crippen LogP contribution in [-0.2, 0) is 11.3 Å². The summed E-state index contributed by atoms with van der Waals surface area (Å²) in [5, 5.41) is 6.36. The molecule has 1 amide bonds. The lowest BCUT2D eigenvalue weighted by molar-refractivity contribution is -0.120. The largest absolute Gasteiger partial charge is 0.314 e. The zero-order valence-electron chi connectivity index (χ0n) is 12.8. The standard InChI is InChI=1S/C17H22N4O/c1-13-11-15(7-8-18-13)16(22)20-17-19-9-10-21(17)12-14-5-3-2-4-6-14/h2-6,9-10,13,15,18H,7-8,11-12H2,1H3,(H,19,20,22)/t13-,15-/m0/s1. The molecule has 1 aromatic heterocycles. The second-order valence-corrected chi connectivity index (χ2v) is 5.93. The Balaban J connectivity index is 1.66. The third-order valence-corrected chi connectivity index (χ3v) is 4.14. The van der Waals surface area contributed by atoms with Gasteiger partial charge in [0.25, 0.3) is 0 Å². The molecule has 0 aliphatic carbocycles. The number of imidazole rings is 1. The number of piperidine rings is 1. The Kier molecular flexibility index (Phi) is 4.53. The molecule has 116 valence electrons. The van der Waals surface area contributed by atoms with Crippen molar-refractivity contribution < 1.29 is 4.79 Å². The first-order chi connectivity index (χ1) is 10.7. The molecule has 1 fully saturated rings. The number of carbonyl (C=O) groups is 1. The van der Waals surface area contributed by atoms with Crippen molar-refractivity contribution in [3.8, 4) is 0 Å². The van der Waals surface area contributed by atoms with Crippen molar-refractivity contribution in [3.63, 3.8) is 0 Å². The topological polar surface area (TPSA) is 59.0 Å². The van der Waals surface area contributed by atoms with Crippen LogP contribution in [0.15, 0.2) is 42.7 Å². The number of aromatic nitrogens is 2. The minimum absolute atomic E-state index is 0.0677.